The smallest absolute Gasteiger partial charge is 0.330 e. The lowest BCUT2D eigenvalue weighted by atomic mass is 9.82. The number of carbonyl (C=O) groups excluding carboxylic acids is 2. The Labute approximate surface area is 190 Å². The standard InChI is InChI=1S/C28H32O4/c1-2-27(29)31-25-18-14-24(15-19-25)28(30)32-26-16-12-23(13-17-26)22-10-8-21(9-11-22)20-6-4-3-5-7-20/h2-11,23-26H,1,12-19H2. The number of ether oxygens (including phenoxy) is 2. The summed E-state index contributed by atoms with van der Waals surface area (Å²) in [4.78, 5) is 24.0. The Kier molecular flexibility index (Phi) is 7.41. The van der Waals surface area contributed by atoms with Crippen LogP contribution in [0.3, 0.4) is 0 Å². The van der Waals surface area contributed by atoms with Gasteiger partial charge in [-0.1, -0.05) is 61.2 Å². The largest absolute Gasteiger partial charge is 0.462 e. The lowest BCUT2D eigenvalue weighted by Gasteiger charge is -2.31. The van der Waals surface area contributed by atoms with Gasteiger partial charge in [0.15, 0.2) is 0 Å². The Balaban J connectivity index is 1.22. The molecule has 0 N–H and O–H groups in total. The second-order valence-corrected chi connectivity index (χ2v) is 9.01. The molecule has 4 rings (SSSR count). The molecule has 2 fully saturated rings. The van der Waals surface area contributed by atoms with Crippen LogP contribution in [0.25, 0.3) is 11.1 Å². The molecule has 0 aliphatic heterocycles. The summed E-state index contributed by atoms with van der Waals surface area (Å²) in [5.74, 6) is -0.00153. The maximum atomic E-state index is 12.6. The first-order valence-corrected chi connectivity index (χ1v) is 11.8. The maximum Gasteiger partial charge on any atom is 0.330 e. The third-order valence-corrected chi connectivity index (χ3v) is 6.90. The van der Waals surface area contributed by atoms with Crippen molar-refractivity contribution >= 4 is 11.9 Å². The molecule has 0 unspecified atom stereocenters. The van der Waals surface area contributed by atoms with Crippen molar-refractivity contribution in [3.8, 4) is 11.1 Å². The molecule has 0 saturated heterocycles. The van der Waals surface area contributed by atoms with Crippen molar-refractivity contribution in [3.05, 3.63) is 72.8 Å². The van der Waals surface area contributed by atoms with Gasteiger partial charge in [-0.15, -0.1) is 0 Å². The van der Waals surface area contributed by atoms with Crippen molar-refractivity contribution in [2.75, 3.05) is 0 Å². The molecule has 0 amide bonds. The van der Waals surface area contributed by atoms with Crippen molar-refractivity contribution in [1.82, 2.24) is 0 Å². The van der Waals surface area contributed by atoms with Crippen LogP contribution in [0.5, 0.6) is 0 Å². The molecule has 2 aliphatic carbocycles. The summed E-state index contributed by atoms with van der Waals surface area (Å²) in [5, 5.41) is 0. The molecule has 0 aromatic heterocycles. The first-order chi connectivity index (χ1) is 15.6. The topological polar surface area (TPSA) is 52.6 Å². The van der Waals surface area contributed by atoms with E-state index >= 15 is 0 Å². The van der Waals surface area contributed by atoms with Gasteiger partial charge in [0, 0.05) is 6.08 Å². The monoisotopic (exact) mass is 432 g/mol. The summed E-state index contributed by atoms with van der Waals surface area (Å²) in [7, 11) is 0. The lowest BCUT2D eigenvalue weighted by molar-refractivity contribution is -0.158. The second-order valence-electron chi connectivity index (χ2n) is 9.01. The Morgan fingerprint density at radius 1 is 0.719 bits per heavy atom. The van der Waals surface area contributed by atoms with Gasteiger partial charge in [0.25, 0.3) is 0 Å². The fourth-order valence-corrected chi connectivity index (χ4v) is 4.98. The first kappa shape index (κ1) is 22.3. The summed E-state index contributed by atoms with van der Waals surface area (Å²) in [6, 6.07) is 19.3. The molecule has 0 bridgehead atoms. The highest BCUT2D eigenvalue weighted by Gasteiger charge is 2.32. The number of rotatable bonds is 6. The number of benzene rings is 2. The lowest BCUT2D eigenvalue weighted by Crippen LogP contribution is -2.32. The molecular formula is C28H32O4. The number of esters is 2. The van der Waals surface area contributed by atoms with Gasteiger partial charge in [0.05, 0.1) is 5.92 Å². The number of carbonyl (C=O) groups is 2. The molecule has 0 spiro atoms. The van der Waals surface area contributed by atoms with E-state index in [0.717, 1.165) is 38.5 Å². The first-order valence-electron chi connectivity index (χ1n) is 11.8. The molecule has 2 saturated carbocycles. The zero-order valence-electron chi connectivity index (χ0n) is 18.6. The van der Waals surface area contributed by atoms with E-state index in [2.05, 4.69) is 55.1 Å². The van der Waals surface area contributed by atoms with Crippen molar-refractivity contribution in [2.45, 2.75) is 69.5 Å². The molecule has 0 atom stereocenters. The van der Waals surface area contributed by atoms with Crippen LogP contribution in [-0.4, -0.2) is 24.1 Å². The molecule has 0 radical (unpaired) electrons. The van der Waals surface area contributed by atoms with Crippen molar-refractivity contribution in [3.63, 3.8) is 0 Å². The van der Waals surface area contributed by atoms with Crippen molar-refractivity contribution in [2.24, 2.45) is 5.92 Å². The average molecular weight is 433 g/mol. The Hall–Kier alpha value is -2.88. The molecular weight excluding hydrogens is 400 g/mol. The van der Waals surface area contributed by atoms with Crippen LogP contribution in [0, 0.1) is 5.92 Å². The molecule has 32 heavy (non-hydrogen) atoms. The van der Waals surface area contributed by atoms with Crippen molar-refractivity contribution < 1.29 is 19.1 Å². The molecule has 2 aromatic rings. The zero-order chi connectivity index (χ0) is 22.3. The minimum absolute atomic E-state index is 0.0265. The van der Waals surface area contributed by atoms with E-state index in [4.69, 9.17) is 9.47 Å². The van der Waals surface area contributed by atoms with Crippen molar-refractivity contribution in [1.29, 1.82) is 0 Å². The van der Waals surface area contributed by atoms with Gasteiger partial charge in [-0.3, -0.25) is 4.79 Å². The van der Waals surface area contributed by atoms with Crippen LogP contribution in [0.4, 0.5) is 0 Å². The van der Waals surface area contributed by atoms with E-state index in [1.807, 2.05) is 6.07 Å². The summed E-state index contributed by atoms with van der Waals surface area (Å²) in [5.41, 5.74) is 3.86. The SMILES string of the molecule is C=CC(=O)OC1CCC(C(=O)OC2CCC(c3ccc(-c4ccccc4)cc3)CC2)CC1. The van der Waals surface area contributed by atoms with Crippen LogP contribution in [-0.2, 0) is 19.1 Å². The molecule has 4 nitrogen and oxygen atoms in total. The number of hydrogen-bond acceptors (Lipinski definition) is 4. The highest BCUT2D eigenvalue weighted by atomic mass is 16.5. The van der Waals surface area contributed by atoms with E-state index < -0.39 is 0 Å². The third-order valence-electron chi connectivity index (χ3n) is 6.90. The van der Waals surface area contributed by atoms with Crippen LogP contribution in [0.2, 0.25) is 0 Å². The van der Waals surface area contributed by atoms with Gasteiger partial charge in [-0.2, -0.15) is 0 Å². The van der Waals surface area contributed by atoms with E-state index in [0.29, 0.717) is 18.8 Å². The molecule has 2 aliphatic rings. The van der Waals surface area contributed by atoms with Gasteiger partial charge >= 0.3 is 11.9 Å². The van der Waals surface area contributed by atoms with Crippen LogP contribution in [0.15, 0.2) is 67.3 Å². The fraction of sp³-hybridized carbons (Fsp3) is 0.429. The predicted molar refractivity (Wildman–Crippen MR) is 125 cm³/mol. The Morgan fingerprint density at radius 3 is 1.91 bits per heavy atom. The van der Waals surface area contributed by atoms with E-state index in [1.165, 1.54) is 22.8 Å². The zero-order valence-corrected chi connectivity index (χ0v) is 18.6. The van der Waals surface area contributed by atoms with Gasteiger partial charge in [-0.25, -0.2) is 4.79 Å². The summed E-state index contributed by atoms with van der Waals surface area (Å²) >= 11 is 0. The minimum Gasteiger partial charge on any atom is -0.462 e. The average Bonchev–Trinajstić information content (AvgIpc) is 2.85. The molecule has 2 aromatic carbocycles. The van der Waals surface area contributed by atoms with Gasteiger partial charge in [0.1, 0.15) is 12.2 Å². The van der Waals surface area contributed by atoms with Crippen LogP contribution in [0.1, 0.15) is 62.8 Å². The van der Waals surface area contributed by atoms with E-state index in [9.17, 15) is 9.59 Å². The second kappa shape index (κ2) is 10.6. The van der Waals surface area contributed by atoms with Gasteiger partial charge in [0.2, 0.25) is 0 Å². The summed E-state index contributed by atoms with van der Waals surface area (Å²) in [6.45, 7) is 3.43. The highest BCUT2D eigenvalue weighted by molar-refractivity contribution is 5.81. The minimum atomic E-state index is -0.387. The molecule has 4 heteroatoms. The highest BCUT2D eigenvalue weighted by Crippen LogP contribution is 2.36. The van der Waals surface area contributed by atoms with E-state index in [1.54, 1.807) is 0 Å². The quantitative estimate of drug-likeness (QED) is 0.402. The van der Waals surface area contributed by atoms with E-state index in [-0.39, 0.29) is 30.1 Å². The molecule has 0 heterocycles. The number of hydrogen-bond donors (Lipinski definition) is 0. The van der Waals surface area contributed by atoms with Crippen LogP contribution < -0.4 is 0 Å². The summed E-state index contributed by atoms with van der Waals surface area (Å²) in [6.07, 6.45) is 7.91. The Morgan fingerprint density at radius 2 is 1.28 bits per heavy atom. The molecule has 168 valence electrons. The van der Waals surface area contributed by atoms with Gasteiger partial charge < -0.3 is 9.47 Å². The van der Waals surface area contributed by atoms with Crippen LogP contribution >= 0.6 is 0 Å². The predicted octanol–water partition coefficient (Wildman–Crippen LogP) is 6.21. The Bertz CT molecular complexity index is 902. The van der Waals surface area contributed by atoms with Gasteiger partial charge in [-0.05, 0) is 74.0 Å². The maximum absolute atomic E-state index is 12.6. The fourth-order valence-electron chi connectivity index (χ4n) is 4.98. The normalized spacial score (nSPS) is 25.5. The summed E-state index contributed by atoms with van der Waals surface area (Å²) < 4.78 is 11.2. The third kappa shape index (κ3) is 5.67.